The number of fused-ring (bicyclic) bond motifs is 1. The zero-order valence-electron chi connectivity index (χ0n) is 19.3. The van der Waals surface area contributed by atoms with Crippen LogP contribution in [-0.2, 0) is 42.4 Å². The second kappa shape index (κ2) is 9.84. The summed E-state index contributed by atoms with van der Waals surface area (Å²) in [6.45, 7) is 1.17. The van der Waals surface area contributed by atoms with Crippen molar-refractivity contribution in [1.29, 1.82) is 0 Å². The number of benzene rings is 1. The number of sulfonamides is 1. The molecule has 190 valence electrons. The van der Waals surface area contributed by atoms with Gasteiger partial charge in [0.05, 0.1) is 29.1 Å². The van der Waals surface area contributed by atoms with Crippen molar-refractivity contribution >= 4 is 48.3 Å². The number of aromatic nitrogens is 1. The van der Waals surface area contributed by atoms with Crippen LogP contribution in [0.2, 0.25) is 0 Å². The van der Waals surface area contributed by atoms with Gasteiger partial charge in [-0.3, -0.25) is 4.79 Å². The molecule has 2 aliphatic rings. The van der Waals surface area contributed by atoms with Crippen LogP contribution < -0.4 is 5.32 Å². The van der Waals surface area contributed by atoms with Crippen LogP contribution in [0.3, 0.4) is 0 Å². The summed E-state index contributed by atoms with van der Waals surface area (Å²) >= 11 is 1.32. The first kappa shape index (κ1) is 25.5. The van der Waals surface area contributed by atoms with Crippen molar-refractivity contribution in [3.05, 3.63) is 34.8 Å². The van der Waals surface area contributed by atoms with E-state index in [0.717, 1.165) is 22.9 Å². The molecule has 0 radical (unpaired) electrons. The van der Waals surface area contributed by atoms with Crippen LogP contribution >= 0.6 is 11.3 Å². The lowest BCUT2D eigenvalue weighted by Crippen LogP contribution is -2.41. The van der Waals surface area contributed by atoms with Gasteiger partial charge in [-0.05, 0) is 31.0 Å². The van der Waals surface area contributed by atoms with E-state index < -0.39 is 26.0 Å². The average molecular weight is 543 g/mol. The van der Waals surface area contributed by atoms with Crippen molar-refractivity contribution in [1.82, 2.24) is 14.2 Å². The van der Waals surface area contributed by atoms with Crippen molar-refractivity contribution in [2.24, 2.45) is 5.92 Å². The quantitative estimate of drug-likeness (QED) is 0.602. The van der Waals surface area contributed by atoms with E-state index >= 15 is 0 Å². The Labute approximate surface area is 208 Å². The Hall–Kier alpha value is -2.55. The van der Waals surface area contributed by atoms with Crippen LogP contribution in [0.5, 0.6) is 0 Å². The summed E-state index contributed by atoms with van der Waals surface area (Å²) in [5.41, 5.74) is 0.850. The topological polar surface area (TPSA) is 143 Å². The van der Waals surface area contributed by atoms with E-state index in [0.29, 0.717) is 37.5 Å². The van der Waals surface area contributed by atoms with Crippen LogP contribution in [0.15, 0.2) is 34.1 Å². The van der Waals surface area contributed by atoms with E-state index in [1.807, 2.05) is 0 Å². The van der Waals surface area contributed by atoms with Crippen LogP contribution in [0.1, 0.15) is 23.4 Å². The molecule has 11 nitrogen and oxygen atoms in total. The zero-order chi connectivity index (χ0) is 25.4. The Morgan fingerprint density at radius 2 is 1.80 bits per heavy atom. The lowest BCUT2D eigenvalue weighted by molar-refractivity contribution is -0.120. The summed E-state index contributed by atoms with van der Waals surface area (Å²) in [5.74, 6) is -0.603. The molecule has 1 aromatic carbocycles. The minimum atomic E-state index is -3.88. The van der Waals surface area contributed by atoms with Gasteiger partial charge >= 0.3 is 6.09 Å². The molecule has 2 aromatic rings. The molecule has 0 atom stereocenters. The lowest BCUT2D eigenvalue weighted by atomic mass is 9.97. The molecule has 0 spiro atoms. The molecule has 2 amide bonds. The van der Waals surface area contributed by atoms with Crippen molar-refractivity contribution < 1.29 is 31.2 Å². The van der Waals surface area contributed by atoms with Gasteiger partial charge in [-0.1, -0.05) is 17.4 Å². The number of ether oxygens (including phenoxy) is 1. The predicted octanol–water partition coefficient (Wildman–Crippen LogP) is 1.71. The van der Waals surface area contributed by atoms with Crippen LogP contribution in [0, 0.1) is 5.92 Å². The summed E-state index contributed by atoms with van der Waals surface area (Å²) in [4.78, 5) is 31.4. The molecule has 35 heavy (non-hydrogen) atoms. The summed E-state index contributed by atoms with van der Waals surface area (Å²) in [5, 5.41) is 3.29. The van der Waals surface area contributed by atoms with E-state index in [1.54, 1.807) is 4.90 Å². The minimum absolute atomic E-state index is 0.0614. The molecule has 2 aliphatic heterocycles. The Morgan fingerprint density at radius 1 is 1.11 bits per heavy atom. The molecule has 0 bridgehead atoms. The third kappa shape index (κ3) is 5.50. The molecule has 1 aromatic heterocycles. The molecule has 1 fully saturated rings. The highest BCUT2D eigenvalue weighted by Gasteiger charge is 2.33. The monoisotopic (exact) mass is 542 g/mol. The first-order valence-electron chi connectivity index (χ1n) is 10.9. The SMILES string of the molecule is COC(=O)N1CCc2nc(NC(=O)C3CCN(S(=O)(=O)c4cccc(S(C)(=O)=O)c4)CC3)sc2C1. The number of methoxy groups -OCH3 is 1. The molecular formula is C21H26N4O7S3. The van der Waals surface area contributed by atoms with Crippen LogP contribution in [0.4, 0.5) is 9.93 Å². The third-order valence-corrected chi connectivity index (χ3v) is 10.1. The number of piperidine rings is 1. The predicted molar refractivity (Wildman–Crippen MR) is 128 cm³/mol. The molecule has 14 heteroatoms. The Morgan fingerprint density at radius 3 is 2.46 bits per heavy atom. The molecule has 1 N–H and O–H groups in total. The number of amides is 2. The second-order valence-electron chi connectivity index (χ2n) is 8.45. The zero-order valence-corrected chi connectivity index (χ0v) is 21.7. The molecule has 3 heterocycles. The van der Waals surface area contributed by atoms with Gasteiger partial charge in [-0.15, -0.1) is 0 Å². The van der Waals surface area contributed by atoms with E-state index in [2.05, 4.69) is 10.3 Å². The van der Waals surface area contributed by atoms with Gasteiger partial charge in [0.2, 0.25) is 15.9 Å². The van der Waals surface area contributed by atoms with Gasteiger partial charge < -0.3 is 15.0 Å². The van der Waals surface area contributed by atoms with Gasteiger partial charge in [0.15, 0.2) is 15.0 Å². The largest absolute Gasteiger partial charge is 0.453 e. The van der Waals surface area contributed by atoms with Crippen LogP contribution in [0.25, 0.3) is 0 Å². The van der Waals surface area contributed by atoms with E-state index in [4.69, 9.17) is 4.74 Å². The Balaban J connectivity index is 1.37. The number of nitrogens with zero attached hydrogens (tertiary/aromatic N) is 3. The molecule has 1 saturated heterocycles. The number of thiazole rings is 1. The van der Waals surface area contributed by atoms with Gasteiger partial charge in [-0.2, -0.15) is 4.31 Å². The standard InChI is InChI=1S/C21H26N4O7S3/c1-32-21(27)24-9-8-17-18(13-24)33-20(22-17)23-19(26)14-6-10-25(11-7-14)35(30,31)16-5-3-4-15(12-16)34(2,28)29/h3-5,12,14H,6-11,13H2,1-2H3,(H,22,23,26). The fraction of sp³-hybridized carbons (Fsp3) is 0.476. The van der Waals surface area contributed by atoms with Crippen molar-refractivity contribution in [2.45, 2.75) is 35.6 Å². The molecule has 0 aliphatic carbocycles. The third-order valence-electron chi connectivity index (χ3n) is 6.09. The highest BCUT2D eigenvalue weighted by Crippen LogP contribution is 2.30. The van der Waals surface area contributed by atoms with Gasteiger partial charge in [0.1, 0.15) is 0 Å². The fourth-order valence-corrected chi connectivity index (χ4v) is 7.40. The maximum atomic E-state index is 13.0. The number of rotatable bonds is 5. The first-order chi connectivity index (χ1) is 16.5. The molecular weight excluding hydrogens is 516 g/mol. The fourth-order valence-electron chi connectivity index (χ4n) is 4.11. The summed E-state index contributed by atoms with van der Waals surface area (Å²) in [6.07, 6.45) is 1.86. The van der Waals surface area contributed by atoms with Gasteiger partial charge in [0.25, 0.3) is 0 Å². The maximum Gasteiger partial charge on any atom is 0.409 e. The second-order valence-corrected chi connectivity index (χ2v) is 13.5. The summed E-state index contributed by atoms with van der Waals surface area (Å²) in [7, 11) is -6.09. The highest BCUT2D eigenvalue weighted by atomic mass is 32.2. The number of hydrogen-bond acceptors (Lipinski definition) is 9. The number of carbonyl (C=O) groups excluding carboxylic acids is 2. The molecule has 0 unspecified atom stereocenters. The van der Waals surface area contributed by atoms with Crippen LogP contribution in [-0.4, -0.2) is 76.0 Å². The first-order valence-corrected chi connectivity index (χ1v) is 15.1. The maximum absolute atomic E-state index is 13.0. The Kier molecular flexibility index (Phi) is 7.18. The van der Waals surface area contributed by atoms with Crippen molar-refractivity contribution in [3.63, 3.8) is 0 Å². The summed E-state index contributed by atoms with van der Waals surface area (Å²) in [6, 6.07) is 5.29. The van der Waals surface area contributed by atoms with E-state index in [-0.39, 0.29) is 34.7 Å². The van der Waals surface area contributed by atoms with E-state index in [1.165, 1.54) is 41.0 Å². The number of sulfone groups is 1. The molecule has 4 rings (SSSR count). The Bertz CT molecular complexity index is 1350. The molecule has 0 saturated carbocycles. The minimum Gasteiger partial charge on any atom is -0.453 e. The number of hydrogen-bond donors (Lipinski definition) is 1. The smallest absolute Gasteiger partial charge is 0.409 e. The highest BCUT2D eigenvalue weighted by molar-refractivity contribution is 7.91. The number of nitrogens with one attached hydrogen (secondary N) is 1. The van der Waals surface area contributed by atoms with Crippen molar-refractivity contribution in [3.8, 4) is 0 Å². The van der Waals surface area contributed by atoms with Gasteiger partial charge in [0, 0.05) is 43.1 Å². The van der Waals surface area contributed by atoms with Gasteiger partial charge in [-0.25, -0.2) is 26.6 Å². The lowest BCUT2D eigenvalue weighted by Gasteiger charge is -2.30. The number of carbonyl (C=O) groups is 2. The summed E-state index contributed by atoms with van der Waals surface area (Å²) < 4.78 is 55.7. The number of anilines is 1. The van der Waals surface area contributed by atoms with E-state index in [9.17, 15) is 26.4 Å². The average Bonchev–Trinajstić information content (AvgIpc) is 3.24. The normalized spacial score (nSPS) is 17.6. The van der Waals surface area contributed by atoms with Crippen molar-refractivity contribution in [2.75, 3.05) is 38.3 Å².